The van der Waals surface area contributed by atoms with E-state index in [0.717, 1.165) is 0 Å². The molecule has 2 rings (SSSR count). The lowest BCUT2D eigenvalue weighted by molar-refractivity contribution is -0.117. The van der Waals surface area contributed by atoms with E-state index in [-0.39, 0.29) is 18.4 Å². The lowest BCUT2D eigenvalue weighted by atomic mass is 10.1. The number of carbonyl (C=O) groups is 2. The molecular weight excluding hydrogens is 373 g/mol. The van der Waals surface area contributed by atoms with Gasteiger partial charge in [-0.05, 0) is 48.4 Å². The van der Waals surface area contributed by atoms with E-state index in [4.69, 9.17) is 23.2 Å². The Morgan fingerprint density at radius 1 is 0.846 bits per heavy atom. The van der Waals surface area contributed by atoms with Gasteiger partial charge in [0.25, 0.3) is 0 Å². The maximum Gasteiger partial charge on any atom is 0.243 e. The molecular formula is C19H21Cl2N3O2. The minimum atomic E-state index is -0.201. The van der Waals surface area contributed by atoms with Crippen LogP contribution in [0, 0.1) is 5.92 Å². The van der Waals surface area contributed by atoms with Gasteiger partial charge in [-0.3, -0.25) is 9.59 Å². The molecule has 5 nitrogen and oxygen atoms in total. The first-order valence-corrected chi connectivity index (χ1v) is 8.98. The van der Waals surface area contributed by atoms with Crippen molar-refractivity contribution in [3.8, 4) is 0 Å². The van der Waals surface area contributed by atoms with Gasteiger partial charge in [0.15, 0.2) is 0 Å². The van der Waals surface area contributed by atoms with Gasteiger partial charge in [0, 0.05) is 23.5 Å². The Hall–Kier alpha value is -2.24. The maximum absolute atomic E-state index is 12.0. The smallest absolute Gasteiger partial charge is 0.243 e. The van der Waals surface area contributed by atoms with E-state index < -0.39 is 0 Å². The molecule has 0 heterocycles. The monoisotopic (exact) mass is 393 g/mol. The van der Waals surface area contributed by atoms with E-state index in [2.05, 4.69) is 16.0 Å². The van der Waals surface area contributed by atoms with E-state index in [1.165, 1.54) is 0 Å². The predicted molar refractivity (Wildman–Crippen MR) is 108 cm³/mol. The molecule has 0 bridgehead atoms. The zero-order valence-corrected chi connectivity index (χ0v) is 16.1. The number of hydrogen-bond acceptors (Lipinski definition) is 3. The number of hydrogen-bond donors (Lipinski definition) is 3. The normalized spacial score (nSPS) is 10.5. The summed E-state index contributed by atoms with van der Waals surface area (Å²) >= 11 is 11.8. The van der Waals surface area contributed by atoms with Crippen LogP contribution >= 0.6 is 23.2 Å². The topological polar surface area (TPSA) is 70.2 Å². The molecule has 0 fully saturated rings. The predicted octanol–water partition coefficient (Wildman–Crippen LogP) is 5.03. The molecule has 0 spiro atoms. The van der Waals surface area contributed by atoms with Crippen molar-refractivity contribution in [2.24, 2.45) is 5.92 Å². The van der Waals surface area contributed by atoms with E-state index in [0.29, 0.717) is 39.4 Å². The standard InChI is InChI=1S/C19H21Cl2N3O2/c1-12(2)9-18(25)23-13-3-5-14(6-4-13)24-19(26)11-22-15-7-8-16(20)17(21)10-15/h3-8,10,12,22H,9,11H2,1-2H3,(H,23,25)(H,24,26). The fourth-order valence-corrected chi connectivity index (χ4v) is 2.51. The first-order valence-electron chi connectivity index (χ1n) is 8.22. The minimum Gasteiger partial charge on any atom is -0.376 e. The minimum absolute atomic E-state index is 0.0254. The number of nitrogens with one attached hydrogen (secondary N) is 3. The Kier molecular flexibility index (Phi) is 7.30. The van der Waals surface area contributed by atoms with Crippen LogP contribution in [0.25, 0.3) is 0 Å². The second-order valence-electron chi connectivity index (χ2n) is 6.25. The van der Waals surface area contributed by atoms with Crippen LogP contribution < -0.4 is 16.0 Å². The molecule has 0 aliphatic carbocycles. The lowest BCUT2D eigenvalue weighted by Crippen LogP contribution is -2.21. The average Bonchev–Trinajstić information content (AvgIpc) is 2.57. The third kappa shape index (κ3) is 6.58. The summed E-state index contributed by atoms with van der Waals surface area (Å²) in [5, 5.41) is 9.46. The second kappa shape index (κ2) is 9.46. The van der Waals surface area contributed by atoms with Crippen LogP contribution in [0.2, 0.25) is 10.0 Å². The summed E-state index contributed by atoms with van der Waals surface area (Å²) in [6, 6.07) is 12.0. The maximum atomic E-state index is 12.0. The molecule has 0 aromatic heterocycles. The third-order valence-electron chi connectivity index (χ3n) is 3.42. The molecule has 0 unspecified atom stereocenters. The molecule has 2 aromatic carbocycles. The molecule has 2 amide bonds. The van der Waals surface area contributed by atoms with Gasteiger partial charge in [-0.15, -0.1) is 0 Å². The van der Waals surface area contributed by atoms with Crippen molar-refractivity contribution in [3.05, 3.63) is 52.5 Å². The summed E-state index contributed by atoms with van der Waals surface area (Å²) in [5.74, 6) is 0.0758. The fraction of sp³-hybridized carbons (Fsp3) is 0.263. The molecule has 2 aromatic rings. The highest BCUT2D eigenvalue weighted by Crippen LogP contribution is 2.24. The summed E-state index contributed by atoms with van der Waals surface area (Å²) in [7, 11) is 0. The van der Waals surface area contributed by atoms with Crippen molar-refractivity contribution >= 4 is 52.1 Å². The van der Waals surface area contributed by atoms with Crippen molar-refractivity contribution in [2.75, 3.05) is 22.5 Å². The summed E-state index contributed by atoms with van der Waals surface area (Å²) in [4.78, 5) is 23.8. The zero-order chi connectivity index (χ0) is 19.1. The van der Waals surface area contributed by atoms with Crippen molar-refractivity contribution < 1.29 is 9.59 Å². The van der Waals surface area contributed by atoms with Crippen molar-refractivity contribution in [1.29, 1.82) is 0 Å². The van der Waals surface area contributed by atoms with Gasteiger partial charge in [-0.1, -0.05) is 37.0 Å². The van der Waals surface area contributed by atoms with Gasteiger partial charge in [0.05, 0.1) is 16.6 Å². The average molecular weight is 394 g/mol. The summed E-state index contributed by atoms with van der Waals surface area (Å²) in [6.07, 6.45) is 0.471. The number of halogens is 2. The summed E-state index contributed by atoms with van der Waals surface area (Å²) in [6.45, 7) is 4.07. The highest BCUT2D eigenvalue weighted by molar-refractivity contribution is 6.42. The highest BCUT2D eigenvalue weighted by Gasteiger charge is 2.07. The van der Waals surface area contributed by atoms with Gasteiger partial charge in [-0.25, -0.2) is 0 Å². The molecule has 0 saturated carbocycles. The zero-order valence-electron chi connectivity index (χ0n) is 14.6. The van der Waals surface area contributed by atoms with E-state index in [1.807, 2.05) is 13.8 Å². The first kappa shape index (κ1) is 20.1. The van der Waals surface area contributed by atoms with Crippen molar-refractivity contribution in [1.82, 2.24) is 0 Å². The fourth-order valence-electron chi connectivity index (χ4n) is 2.21. The van der Waals surface area contributed by atoms with E-state index in [1.54, 1.807) is 42.5 Å². The molecule has 0 aliphatic rings. The van der Waals surface area contributed by atoms with Crippen LogP contribution in [0.3, 0.4) is 0 Å². The number of anilines is 3. The quantitative estimate of drug-likeness (QED) is 0.617. The molecule has 26 heavy (non-hydrogen) atoms. The molecule has 3 N–H and O–H groups in total. The van der Waals surface area contributed by atoms with E-state index in [9.17, 15) is 9.59 Å². The van der Waals surface area contributed by atoms with Crippen molar-refractivity contribution in [3.63, 3.8) is 0 Å². The molecule has 7 heteroatoms. The van der Waals surface area contributed by atoms with Crippen molar-refractivity contribution in [2.45, 2.75) is 20.3 Å². The molecule has 0 atom stereocenters. The van der Waals surface area contributed by atoms with Gasteiger partial charge in [-0.2, -0.15) is 0 Å². The Labute approximate surface area is 163 Å². The largest absolute Gasteiger partial charge is 0.376 e. The van der Waals surface area contributed by atoms with Crippen LogP contribution in [0.5, 0.6) is 0 Å². The van der Waals surface area contributed by atoms with Crippen LogP contribution in [-0.4, -0.2) is 18.4 Å². The van der Waals surface area contributed by atoms with Crippen LogP contribution in [-0.2, 0) is 9.59 Å². The molecule has 138 valence electrons. The Bertz CT molecular complexity index is 777. The third-order valence-corrected chi connectivity index (χ3v) is 4.16. The highest BCUT2D eigenvalue weighted by atomic mass is 35.5. The van der Waals surface area contributed by atoms with Gasteiger partial charge >= 0.3 is 0 Å². The number of amides is 2. The van der Waals surface area contributed by atoms with E-state index >= 15 is 0 Å². The Balaban J connectivity index is 1.83. The summed E-state index contributed by atoms with van der Waals surface area (Å²) in [5.41, 5.74) is 2.05. The molecule has 0 saturated heterocycles. The number of carbonyl (C=O) groups excluding carboxylic acids is 2. The van der Waals surface area contributed by atoms with Crippen LogP contribution in [0.4, 0.5) is 17.1 Å². The van der Waals surface area contributed by atoms with Crippen LogP contribution in [0.1, 0.15) is 20.3 Å². The summed E-state index contributed by atoms with van der Waals surface area (Å²) < 4.78 is 0. The number of rotatable bonds is 7. The molecule has 0 radical (unpaired) electrons. The SMILES string of the molecule is CC(C)CC(=O)Nc1ccc(NC(=O)CNc2ccc(Cl)c(Cl)c2)cc1. The van der Waals surface area contributed by atoms with Gasteiger partial charge in [0.2, 0.25) is 11.8 Å². The second-order valence-corrected chi connectivity index (χ2v) is 7.07. The first-order chi connectivity index (χ1) is 12.3. The lowest BCUT2D eigenvalue weighted by Gasteiger charge is -2.10. The number of benzene rings is 2. The van der Waals surface area contributed by atoms with Crippen LogP contribution in [0.15, 0.2) is 42.5 Å². The van der Waals surface area contributed by atoms with Gasteiger partial charge in [0.1, 0.15) is 0 Å². The van der Waals surface area contributed by atoms with Gasteiger partial charge < -0.3 is 16.0 Å². The Morgan fingerprint density at radius 3 is 1.92 bits per heavy atom. The molecule has 0 aliphatic heterocycles. The Morgan fingerprint density at radius 2 is 1.38 bits per heavy atom.